The monoisotopic (exact) mass is 331 g/mol. The van der Waals surface area contributed by atoms with Gasteiger partial charge in [-0.15, -0.1) is 0 Å². The molecule has 0 saturated heterocycles. The number of nitrogens with one attached hydrogen (secondary N) is 2. The second kappa shape index (κ2) is 6.24. The van der Waals surface area contributed by atoms with Gasteiger partial charge < -0.3 is 14.9 Å². The molecule has 2 N–H and O–H groups in total. The Morgan fingerprint density at radius 3 is 2.80 bits per heavy atom. The molecule has 0 fully saturated rings. The molecular formula is C19H17N5O. The van der Waals surface area contributed by atoms with E-state index in [4.69, 9.17) is 0 Å². The Hall–Kier alpha value is -3.41. The van der Waals surface area contributed by atoms with Crippen LogP contribution < -0.4 is 5.32 Å². The van der Waals surface area contributed by atoms with Crippen LogP contribution >= 0.6 is 0 Å². The first-order valence-electron chi connectivity index (χ1n) is 7.98. The number of imidazole rings is 1. The molecular weight excluding hydrogens is 314 g/mol. The third kappa shape index (κ3) is 2.89. The van der Waals surface area contributed by atoms with E-state index in [0.717, 1.165) is 27.9 Å². The van der Waals surface area contributed by atoms with Crippen LogP contribution in [0.1, 0.15) is 16.1 Å². The van der Waals surface area contributed by atoms with E-state index in [-0.39, 0.29) is 5.91 Å². The van der Waals surface area contributed by atoms with E-state index in [1.54, 1.807) is 18.7 Å². The van der Waals surface area contributed by atoms with Gasteiger partial charge in [-0.25, -0.2) is 4.98 Å². The number of carbonyl (C=O) groups excluding carboxylic acids is 1. The molecule has 0 aliphatic rings. The van der Waals surface area contributed by atoms with Crippen molar-refractivity contribution in [3.63, 3.8) is 0 Å². The SMILES string of the molecule is Cn1cncc1CNC(=O)c1ccc(-c2nccc3[nH]ccc23)cc1. The summed E-state index contributed by atoms with van der Waals surface area (Å²) in [6, 6.07) is 11.4. The fraction of sp³-hybridized carbons (Fsp3) is 0.105. The molecule has 0 saturated carbocycles. The first-order valence-corrected chi connectivity index (χ1v) is 7.98. The van der Waals surface area contributed by atoms with Crippen LogP contribution in [0.5, 0.6) is 0 Å². The number of aromatic amines is 1. The van der Waals surface area contributed by atoms with Crippen molar-refractivity contribution < 1.29 is 4.79 Å². The summed E-state index contributed by atoms with van der Waals surface area (Å²) >= 11 is 0. The van der Waals surface area contributed by atoms with E-state index < -0.39 is 0 Å². The summed E-state index contributed by atoms with van der Waals surface area (Å²) in [6.07, 6.45) is 7.14. The first-order chi connectivity index (χ1) is 12.2. The lowest BCUT2D eigenvalue weighted by Gasteiger charge is -2.07. The minimum Gasteiger partial charge on any atom is -0.361 e. The van der Waals surface area contributed by atoms with Crippen molar-refractivity contribution >= 4 is 16.8 Å². The average molecular weight is 331 g/mol. The van der Waals surface area contributed by atoms with Crippen molar-refractivity contribution in [2.45, 2.75) is 6.54 Å². The van der Waals surface area contributed by atoms with Crippen LogP contribution in [0.15, 0.2) is 61.3 Å². The van der Waals surface area contributed by atoms with Gasteiger partial charge in [-0.1, -0.05) is 12.1 Å². The minimum absolute atomic E-state index is 0.111. The van der Waals surface area contributed by atoms with Crippen LogP contribution in [0, 0.1) is 0 Å². The number of aromatic nitrogens is 4. The Morgan fingerprint density at radius 1 is 1.20 bits per heavy atom. The largest absolute Gasteiger partial charge is 0.361 e. The maximum absolute atomic E-state index is 12.3. The molecule has 0 bridgehead atoms. The number of carbonyl (C=O) groups is 1. The molecule has 1 amide bonds. The van der Waals surface area contributed by atoms with Gasteiger partial charge >= 0.3 is 0 Å². The summed E-state index contributed by atoms with van der Waals surface area (Å²) in [5, 5.41) is 3.97. The van der Waals surface area contributed by atoms with Crippen molar-refractivity contribution in [3.8, 4) is 11.3 Å². The first kappa shape index (κ1) is 15.1. The van der Waals surface area contributed by atoms with E-state index in [1.165, 1.54) is 0 Å². The summed E-state index contributed by atoms with van der Waals surface area (Å²) in [6.45, 7) is 0.446. The highest BCUT2D eigenvalue weighted by atomic mass is 16.1. The number of amides is 1. The van der Waals surface area contributed by atoms with Gasteiger partial charge in [0.05, 0.1) is 24.3 Å². The predicted molar refractivity (Wildman–Crippen MR) is 95.9 cm³/mol. The van der Waals surface area contributed by atoms with Crippen molar-refractivity contribution in [2.75, 3.05) is 0 Å². The second-order valence-corrected chi connectivity index (χ2v) is 5.85. The number of nitrogens with zero attached hydrogens (tertiary/aromatic N) is 3. The van der Waals surface area contributed by atoms with Gasteiger partial charge in [0.15, 0.2) is 0 Å². The quantitative estimate of drug-likeness (QED) is 0.604. The summed E-state index contributed by atoms with van der Waals surface area (Å²) in [5.41, 5.74) is 4.50. The van der Waals surface area contributed by atoms with Gasteiger partial charge in [-0.2, -0.15) is 0 Å². The fourth-order valence-electron chi connectivity index (χ4n) is 2.82. The molecule has 0 aliphatic heterocycles. The zero-order chi connectivity index (χ0) is 17.2. The Balaban J connectivity index is 1.53. The number of pyridine rings is 1. The molecule has 0 aliphatic carbocycles. The average Bonchev–Trinajstić information content (AvgIpc) is 3.28. The summed E-state index contributed by atoms with van der Waals surface area (Å²) < 4.78 is 1.88. The van der Waals surface area contributed by atoms with E-state index in [1.807, 2.05) is 54.2 Å². The van der Waals surface area contributed by atoms with Crippen molar-refractivity contribution in [2.24, 2.45) is 7.05 Å². The molecule has 4 aromatic rings. The van der Waals surface area contributed by atoms with Crippen LogP contribution in [0.4, 0.5) is 0 Å². The lowest BCUT2D eigenvalue weighted by Crippen LogP contribution is -2.23. The van der Waals surface area contributed by atoms with E-state index in [2.05, 4.69) is 20.3 Å². The molecule has 6 heteroatoms. The van der Waals surface area contributed by atoms with Crippen molar-refractivity contribution in [3.05, 3.63) is 72.6 Å². The van der Waals surface area contributed by atoms with Crippen LogP contribution in [-0.2, 0) is 13.6 Å². The molecule has 6 nitrogen and oxygen atoms in total. The fourth-order valence-corrected chi connectivity index (χ4v) is 2.82. The van der Waals surface area contributed by atoms with E-state index >= 15 is 0 Å². The number of aryl methyl sites for hydroxylation is 1. The smallest absolute Gasteiger partial charge is 0.251 e. The standard InChI is InChI=1S/C19H17N5O/c1-24-12-20-10-15(24)11-23-19(25)14-4-2-13(3-5-14)18-16-6-8-21-17(16)7-9-22-18/h2-10,12,21H,11H2,1H3,(H,23,25). The molecule has 0 atom stereocenters. The van der Waals surface area contributed by atoms with E-state index in [9.17, 15) is 4.79 Å². The predicted octanol–water partition coefficient (Wildman–Crippen LogP) is 2.89. The number of H-pyrrole nitrogens is 1. The zero-order valence-corrected chi connectivity index (χ0v) is 13.7. The van der Waals surface area contributed by atoms with Gasteiger partial charge in [0.25, 0.3) is 5.91 Å². The third-order valence-corrected chi connectivity index (χ3v) is 4.25. The third-order valence-electron chi connectivity index (χ3n) is 4.25. The maximum atomic E-state index is 12.3. The Kier molecular flexibility index (Phi) is 3.78. The highest BCUT2D eigenvalue weighted by Crippen LogP contribution is 2.25. The van der Waals surface area contributed by atoms with Gasteiger partial charge in [0.2, 0.25) is 0 Å². The van der Waals surface area contributed by atoms with Crippen LogP contribution in [0.3, 0.4) is 0 Å². The summed E-state index contributed by atoms with van der Waals surface area (Å²) in [5.74, 6) is -0.111. The number of rotatable bonds is 4. The number of hydrogen-bond donors (Lipinski definition) is 2. The lowest BCUT2D eigenvalue weighted by atomic mass is 10.1. The topological polar surface area (TPSA) is 75.6 Å². The maximum Gasteiger partial charge on any atom is 0.251 e. The Labute approximate surface area is 144 Å². The van der Waals surface area contributed by atoms with Crippen LogP contribution in [-0.4, -0.2) is 25.4 Å². The van der Waals surface area contributed by atoms with Gasteiger partial charge in [-0.05, 0) is 24.3 Å². The van der Waals surface area contributed by atoms with Crippen LogP contribution in [0.2, 0.25) is 0 Å². The number of fused-ring (bicyclic) bond motifs is 1. The lowest BCUT2D eigenvalue weighted by molar-refractivity contribution is 0.0950. The molecule has 25 heavy (non-hydrogen) atoms. The van der Waals surface area contributed by atoms with Gasteiger partial charge in [0, 0.05) is 47.7 Å². The minimum atomic E-state index is -0.111. The number of benzene rings is 1. The number of hydrogen-bond acceptors (Lipinski definition) is 3. The van der Waals surface area contributed by atoms with Crippen molar-refractivity contribution in [1.82, 2.24) is 24.8 Å². The second-order valence-electron chi connectivity index (χ2n) is 5.85. The molecule has 3 aromatic heterocycles. The highest BCUT2D eigenvalue weighted by molar-refractivity contribution is 5.96. The molecule has 0 spiro atoms. The normalized spacial score (nSPS) is 10.9. The van der Waals surface area contributed by atoms with Crippen molar-refractivity contribution in [1.29, 1.82) is 0 Å². The molecule has 3 heterocycles. The van der Waals surface area contributed by atoms with Gasteiger partial charge in [0.1, 0.15) is 0 Å². The Morgan fingerprint density at radius 2 is 2.04 bits per heavy atom. The molecule has 0 unspecified atom stereocenters. The van der Waals surface area contributed by atoms with Crippen LogP contribution in [0.25, 0.3) is 22.2 Å². The van der Waals surface area contributed by atoms with E-state index in [0.29, 0.717) is 12.1 Å². The Bertz CT molecular complexity index is 1030. The molecule has 0 radical (unpaired) electrons. The van der Waals surface area contributed by atoms with Gasteiger partial charge in [-0.3, -0.25) is 9.78 Å². The highest BCUT2D eigenvalue weighted by Gasteiger charge is 2.09. The summed E-state index contributed by atoms with van der Waals surface area (Å²) in [7, 11) is 1.90. The molecule has 4 rings (SSSR count). The zero-order valence-electron chi connectivity index (χ0n) is 13.7. The molecule has 1 aromatic carbocycles. The molecule has 124 valence electrons. The summed E-state index contributed by atoms with van der Waals surface area (Å²) in [4.78, 5) is 24.0.